The first-order valence-corrected chi connectivity index (χ1v) is 11.0. The van der Waals surface area contributed by atoms with E-state index >= 15 is 0 Å². The summed E-state index contributed by atoms with van der Waals surface area (Å²) in [4.78, 5) is 4.80. The molecule has 0 unspecified atom stereocenters. The van der Waals surface area contributed by atoms with E-state index in [1.165, 1.54) is 38.4 Å². The van der Waals surface area contributed by atoms with E-state index in [1.807, 2.05) is 6.92 Å². The van der Waals surface area contributed by atoms with Crippen LogP contribution in [0.4, 0.5) is 0 Å². The van der Waals surface area contributed by atoms with Gasteiger partial charge in [-0.05, 0) is 43.9 Å². The van der Waals surface area contributed by atoms with Gasteiger partial charge in [-0.25, -0.2) is 8.42 Å². The molecule has 0 spiro atoms. The molecular formula is C17H36IN3O2S. The van der Waals surface area contributed by atoms with Gasteiger partial charge in [-0.3, -0.25) is 4.99 Å². The second kappa shape index (κ2) is 11.5. The Labute approximate surface area is 165 Å². The molecule has 0 saturated heterocycles. The molecule has 2 N–H and O–H groups in total. The molecule has 0 aromatic rings. The van der Waals surface area contributed by atoms with Crippen LogP contribution in [0.1, 0.15) is 59.3 Å². The van der Waals surface area contributed by atoms with Crippen molar-refractivity contribution in [3.05, 3.63) is 0 Å². The number of rotatable bonds is 9. The minimum absolute atomic E-state index is 0. The summed E-state index contributed by atoms with van der Waals surface area (Å²) < 4.78 is 22.3. The van der Waals surface area contributed by atoms with Gasteiger partial charge in [0.05, 0.1) is 5.75 Å². The first-order valence-electron chi connectivity index (χ1n) is 8.96. The van der Waals surface area contributed by atoms with Gasteiger partial charge in [0.1, 0.15) is 9.84 Å². The van der Waals surface area contributed by atoms with Crippen molar-refractivity contribution < 1.29 is 8.42 Å². The Kier molecular flexibility index (Phi) is 11.5. The lowest BCUT2D eigenvalue weighted by Gasteiger charge is -2.29. The zero-order valence-corrected chi connectivity index (χ0v) is 18.9. The maximum absolute atomic E-state index is 11.2. The Morgan fingerprint density at radius 3 is 2.33 bits per heavy atom. The molecule has 1 fully saturated rings. The van der Waals surface area contributed by atoms with Crippen LogP contribution < -0.4 is 10.6 Å². The fraction of sp³-hybridized carbons (Fsp3) is 0.941. The summed E-state index contributed by atoms with van der Waals surface area (Å²) in [5, 5.41) is 6.53. The fourth-order valence-corrected chi connectivity index (χ4v) is 4.22. The van der Waals surface area contributed by atoms with E-state index in [9.17, 15) is 8.42 Å². The summed E-state index contributed by atoms with van der Waals surface area (Å²) in [5.74, 6) is 1.74. The lowest BCUT2D eigenvalue weighted by Crippen LogP contribution is -2.39. The van der Waals surface area contributed by atoms with Crippen molar-refractivity contribution in [2.75, 3.05) is 31.6 Å². The molecule has 1 aliphatic carbocycles. The molecular weight excluding hydrogens is 437 g/mol. The van der Waals surface area contributed by atoms with Crippen LogP contribution in [0.5, 0.6) is 0 Å². The number of sulfone groups is 1. The predicted molar refractivity (Wildman–Crippen MR) is 114 cm³/mol. The van der Waals surface area contributed by atoms with E-state index in [2.05, 4.69) is 24.5 Å². The van der Waals surface area contributed by atoms with Gasteiger partial charge in [0.25, 0.3) is 0 Å². The Bertz CT molecular complexity index is 472. The average molecular weight is 473 g/mol. The summed E-state index contributed by atoms with van der Waals surface area (Å²) in [7, 11) is -2.88. The number of aliphatic imine (C=N–C) groups is 1. The van der Waals surface area contributed by atoms with Crippen molar-refractivity contribution in [3.8, 4) is 0 Å². The first kappa shape index (κ1) is 23.9. The maximum Gasteiger partial charge on any atom is 0.191 e. The van der Waals surface area contributed by atoms with Crippen LogP contribution in [0.3, 0.4) is 0 Å². The van der Waals surface area contributed by atoms with E-state index in [0.29, 0.717) is 24.3 Å². The Hall–Kier alpha value is -0.0500. The van der Waals surface area contributed by atoms with Crippen LogP contribution in [0.15, 0.2) is 4.99 Å². The molecule has 0 amide bonds. The normalized spacial score (nSPS) is 17.6. The van der Waals surface area contributed by atoms with Gasteiger partial charge in [-0.1, -0.05) is 26.7 Å². The number of hydrogen-bond acceptors (Lipinski definition) is 3. The average Bonchev–Trinajstić information content (AvgIpc) is 2.87. The standard InChI is InChI=1S/C17H35N3O2S.HI/c1-5-18-16(19-11-8-12-23(4,21)22)20-14-17(13-15(2)3)9-6-7-10-17;/h15H,5-14H2,1-4H3,(H2,18,19,20);1H. The maximum atomic E-state index is 11.2. The van der Waals surface area contributed by atoms with Crippen LogP contribution in [-0.4, -0.2) is 46.0 Å². The number of hydrogen-bond donors (Lipinski definition) is 2. The minimum Gasteiger partial charge on any atom is -0.357 e. The second-order valence-corrected chi connectivity index (χ2v) is 9.67. The van der Waals surface area contributed by atoms with Crippen LogP contribution in [0.25, 0.3) is 0 Å². The third-order valence-electron chi connectivity index (χ3n) is 4.41. The predicted octanol–water partition coefficient (Wildman–Crippen LogP) is 3.20. The van der Waals surface area contributed by atoms with Crippen molar-refractivity contribution in [1.82, 2.24) is 10.6 Å². The quantitative estimate of drug-likeness (QED) is 0.234. The van der Waals surface area contributed by atoms with Crippen LogP contribution in [0.2, 0.25) is 0 Å². The molecule has 1 saturated carbocycles. The molecule has 1 aliphatic rings. The zero-order chi connectivity index (χ0) is 17.3. The summed E-state index contributed by atoms with van der Waals surface area (Å²) in [6.07, 6.45) is 8.33. The Balaban J connectivity index is 0.00000529. The van der Waals surface area contributed by atoms with Crippen molar-refractivity contribution in [2.24, 2.45) is 16.3 Å². The number of nitrogens with zero attached hydrogens (tertiary/aromatic N) is 1. The van der Waals surface area contributed by atoms with Gasteiger partial charge in [-0.2, -0.15) is 0 Å². The van der Waals surface area contributed by atoms with Gasteiger partial charge in [0.15, 0.2) is 5.96 Å². The Morgan fingerprint density at radius 1 is 1.21 bits per heavy atom. The van der Waals surface area contributed by atoms with E-state index in [-0.39, 0.29) is 29.7 Å². The monoisotopic (exact) mass is 473 g/mol. The fourth-order valence-electron chi connectivity index (χ4n) is 3.55. The molecule has 0 bridgehead atoms. The molecule has 24 heavy (non-hydrogen) atoms. The smallest absolute Gasteiger partial charge is 0.191 e. The summed E-state index contributed by atoms with van der Waals surface area (Å²) in [5.41, 5.74) is 0.364. The van der Waals surface area contributed by atoms with Gasteiger partial charge >= 0.3 is 0 Å². The molecule has 0 aromatic carbocycles. The zero-order valence-electron chi connectivity index (χ0n) is 15.7. The van der Waals surface area contributed by atoms with Gasteiger partial charge in [-0.15, -0.1) is 24.0 Å². The van der Waals surface area contributed by atoms with Crippen molar-refractivity contribution in [1.29, 1.82) is 0 Å². The van der Waals surface area contributed by atoms with Crippen LogP contribution >= 0.6 is 24.0 Å². The summed E-state index contributed by atoms with van der Waals surface area (Å²) in [6.45, 7) is 8.95. The number of guanidine groups is 1. The van der Waals surface area contributed by atoms with Crippen molar-refractivity contribution >= 4 is 39.8 Å². The summed E-state index contributed by atoms with van der Waals surface area (Å²) >= 11 is 0. The summed E-state index contributed by atoms with van der Waals surface area (Å²) in [6, 6.07) is 0. The third kappa shape index (κ3) is 10.1. The van der Waals surface area contributed by atoms with Gasteiger partial charge < -0.3 is 10.6 Å². The highest BCUT2D eigenvalue weighted by Crippen LogP contribution is 2.43. The van der Waals surface area contributed by atoms with Gasteiger partial charge in [0, 0.05) is 25.9 Å². The third-order valence-corrected chi connectivity index (χ3v) is 5.44. The lowest BCUT2D eigenvalue weighted by atomic mass is 9.78. The highest BCUT2D eigenvalue weighted by atomic mass is 127. The topological polar surface area (TPSA) is 70.6 Å². The minimum atomic E-state index is -2.88. The number of halogens is 1. The largest absolute Gasteiger partial charge is 0.357 e. The van der Waals surface area contributed by atoms with Crippen molar-refractivity contribution in [2.45, 2.75) is 59.3 Å². The molecule has 1 rings (SSSR count). The molecule has 7 heteroatoms. The van der Waals surface area contributed by atoms with E-state index in [4.69, 9.17) is 4.99 Å². The second-order valence-electron chi connectivity index (χ2n) is 7.41. The van der Waals surface area contributed by atoms with E-state index in [0.717, 1.165) is 19.0 Å². The molecule has 5 nitrogen and oxygen atoms in total. The molecule has 144 valence electrons. The van der Waals surface area contributed by atoms with E-state index in [1.54, 1.807) is 0 Å². The SMILES string of the molecule is CCNC(=NCC1(CC(C)C)CCCC1)NCCCS(C)(=O)=O.I. The van der Waals surface area contributed by atoms with Crippen LogP contribution in [-0.2, 0) is 9.84 Å². The molecule has 0 heterocycles. The number of nitrogens with one attached hydrogen (secondary N) is 2. The first-order chi connectivity index (χ1) is 10.8. The molecule has 0 atom stereocenters. The molecule has 0 aliphatic heterocycles. The lowest BCUT2D eigenvalue weighted by molar-refractivity contribution is 0.245. The van der Waals surface area contributed by atoms with Crippen LogP contribution in [0, 0.1) is 11.3 Å². The van der Waals surface area contributed by atoms with Crippen molar-refractivity contribution in [3.63, 3.8) is 0 Å². The Morgan fingerprint density at radius 2 is 1.83 bits per heavy atom. The molecule has 0 aromatic heterocycles. The van der Waals surface area contributed by atoms with Gasteiger partial charge in [0.2, 0.25) is 0 Å². The van der Waals surface area contributed by atoms with E-state index < -0.39 is 9.84 Å². The molecule has 0 radical (unpaired) electrons. The highest BCUT2D eigenvalue weighted by Gasteiger charge is 2.34. The highest BCUT2D eigenvalue weighted by molar-refractivity contribution is 14.0.